The van der Waals surface area contributed by atoms with E-state index in [2.05, 4.69) is 4.74 Å². The number of ketones is 1. The fourth-order valence-corrected chi connectivity index (χ4v) is 2.21. The molecule has 0 saturated heterocycles. The van der Waals surface area contributed by atoms with Crippen LogP contribution in [0.15, 0.2) is 60.7 Å². The molecule has 0 N–H and O–H groups in total. The summed E-state index contributed by atoms with van der Waals surface area (Å²) in [5.74, 6) is -0.210. The number of aryl methyl sites for hydroxylation is 1. The van der Waals surface area contributed by atoms with Gasteiger partial charge in [0, 0.05) is 12.0 Å². The maximum absolute atomic E-state index is 12.1. The van der Waals surface area contributed by atoms with Gasteiger partial charge in [-0.1, -0.05) is 60.7 Å². The van der Waals surface area contributed by atoms with Gasteiger partial charge in [-0.3, -0.25) is 9.59 Å². The van der Waals surface area contributed by atoms with Gasteiger partial charge in [0.2, 0.25) is 0 Å². The summed E-state index contributed by atoms with van der Waals surface area (Å²) in [4.78, 5) is 23.2. The van der Waals surface area contributed by atoms with E-state index in [1.54, 1.807) is 6.08 Å². The predicted molar refractivity (Wildman–Crippen MR) is 91.2 cm³/mol. The van der Waals surface area contributed by atoms with Crippen molar-refractivity contribution in [2.24, 2.45) is 0 Å². The molecule has 118 valence electrons. The number of carbonyl (C=O) groups excluding carboxylic acids is 2. The highest BCUT2D eigenvalue weighted by Crippen LogP contribution is 2.10. The van der Waals surface area contributed by atoms with E-state index in [0.717, 1.165) is 24.0 Å². The number of esters is 1. The van der Waals surface area contributed by atoms with Crippen molar-refractivity contribution < 1.29 is 14.3 Å². The van der Waals surface area contributed by atoms with Crippen molar-refractivity contribution in [2.75, 3.05) is 7.11 Å². The van der Waals surface area contributed by atoms with E-state index in [0.29, 0.717) is 12.0 Å². The zero-order valence-corrected chi connectivity index (χ0v) is 13.2. The van der Waals surface area contributed by atoms with Gasteiger partial charge >= 0.3 is 5.97 Å². The largest absolute Gasteiger partial charge is 0.469 e. The maximum Gasteiger partial charge on any atom is 0.305 e. The lowest BCUT2D eigenvalue weighted by Crippen LogP contribution is -2.00. The summed E-state index contributed by atoms with van der Waals surface area (Å²) in [5, 5.41) is 0. The topological polar surface area (TPSA) is 43.4 Å². The third-order valence-electron chi connectivity index (χ3n) is 3.54. The molecule has 0 unspecified atom stereocenters. The normalized spacial score (nSPS) is 10.7. The summed E-state index contributed by atoms with van der Waals surface area (Å²) in [5.41, 5.74) is 2.77. The van der Waals surface area contributed by atoms with Crippen LogP contribution in [0.2, 0.25) is 0 Å². The molecule has 0 heterocycles. The lowest BCUT2D eigenvalue weighted by molar-refractivity contribution is -0.140. The van der Waals surface area contributed by atoms with Crippen LogP contribution in [0.3, 0.4) is 0 Å². The van der Waals surface area contributed by atoms with Crippen LogP contribution in [0.1, 0.15) is 34.3 Å². The van der Waals surface area contributed by atoms with Gasteiger partial charge in [-0.25, -0.2) is 0 Å². The molecule has 0 fully saturated rings. The molecule has 3 heteroatoms. The highest BCUT2D eigenvalue weighted by molar-refractivity contribution is 6.06. The van der Waals surface area contributed by atoms with Crippen LogP contribution in [-0.2, 0) is 16.0 Å². The van der Waals surface area contributed by atoms with Crippen LogP contribution in [0.25, 0.3) is 6.08 Å². The number of rotatable bonds is 7. The van der Waals surface area contributed by atoms with Gasteiger partial charge < -0.3 is 4.74 Å². The average molecular weight is 308 g/mol. The van der Waals surface area contributed by atoms with Gasteiger partial charge in [-0.05, 0) is 30.0 Å². The number of methoxy groups -OCH3 is 1. The van der Waals surface area contributed by atoms with Crippen molar-refractivity contribution in [1.29, 1.82) is 0 Å². The van der Waals surface area contributed by atoms with Crippen LogP contribution in [0.4, 0.5) is 0 Å². The second kappa shape index (κ2) is 8.69. The smallest absolute Gasteiger partial charge is 0.305 e. The van der Waals surface area contributed by atoms with E-state index >= 15 is 0 Å². The van der Waals surface area contributed by atoms with E-state index < -0.39 is 0 Å². The van der Waals surface area contributed by atoms with Crippen molar-refractivity contribution >= 4 is 17.8 Å². The molecule has 0 atom stereocenters. The van der Waals surface area contributed by atoms with Crippen molar-refractivity contribution in [3.05, 3.63) is 77.4 Å². The Bertz CT molecular complexity index is 670. The minimum Gasteiger partial charge on any atom is -0.469 e. The third-order valence-corrected chi connectivity index (χ3v) is 3.54. The van der Waals surface area contributed by atoms with Crippen LogP contribution in [-0.4, -0.2) is 18.9 Å². The Kier molecular flexibility index (Phi) is 6.30. The fourth-order valence-electron chi connectivity index (χ4n) is 2.21. The minimum absolute atomic E-state index is 0.0186. The number of carbonyl (C=O) groups is 2. The molecule has 0 aromatic heterocycles. The first-order valence-electron chi connectivity index (χ1n) is 7.62. The Morgan fingerprint density at radius 2 is 1.70 bits per heavy atom. The molecule has 0 saturated carbocycles. The molecular formula is C20H20O3. The summed E-state index contributed by atoms with van der Waals surface area (Å²) in [6, 6.07) is 17.2. The van der Waals surface area contributed by atoms with Gasteiger partial charge in [0.25, 0.3) is 0 Å². The van der Waals surface area contributed by atoms with E-state index in [9.17, 15) is 9.59 Å². The molecule has 2 aromatic rings. The lowest BCUT2D eigenvalue weighted by Gasteiger charge is -2.02. The van der Waals surface area contributed by atoms with Crippen molar-refractivity contribution in [3.8, 4) is 0 Å². The van der Waals surface area contributed by atoms with E-state index in [1.165, 1.54) is 7.11 Å². The summed E-state index contributed by atoms with van der Waals surface area (Å²) < 4.78 is 4.61. The van der Waals surface area contributed by atoms with E-state index in [1.807, 2.05) is 60.7 Å². The summed E-state index contributed by atoms with van der Waals surface area (Å²) in [6.07, 6.45) is 5.35. The highest BCUT2D eigenvalue weighted by atomic mass is 16.5. The molecule has 0 aliphatic rings. The first kappa shape index (κ1) is 16.7. The first-order valence-corrected chi connectivity index (χ1v) is 7.62. The Hall–Kier alpha value is -2.68. The fraction of sp³-hybridized carbons (Fsp3) is 0.200. The van der Waals surface area contributed by atoms with Crippen LogP contribution >= 0.6 is 0 Å². The van der Waals surface area contributed by atoms with Crippen molar-refractivity contribution in [2.45, 2.75) is 19.3 Å². The molecular weight excluding hydrogens is 288 g/mol. The van der Waals surface area contributed by atoms with Crippen LogP contribution < -0.4 is 0 Å². The first-order chi connectivity index (χ1) is 11.2. The number of allylic oxidation sites excluding steroid dienone is 1. The molecule has 0 spiro atoms. The molecule has 2 rings (SSSR count). The lowest BCUT2D eigenvalue weighted by atomic mass is 10.0. The van der Waals surface area contributed by atoms with Gasteiger partial charge in [0.1, 0.15) is 0 Å². The van der Waals surface area contributed by atoms with Crippen molar-refractivity contribution in [3.63, 3.8) is 0 Å². The quantitative estimate of drug-likeness (QED) is 0.440. The number of ether oxygens (including phenoxy) is 1. The van der Waals surface area contributed by atoms with E-state index in [4.69, 9.17) is 0 Å². The predicted octanol–water partition coefficient (Wildman–Crippen LogP) is 4.08. The highest BCUT2D eigenvalue weighted by Gasteiger charge is 2.03. The molecule has 0 bridgehead atoms. The van der Waals surface area contributed by atoms with E-state index in [-0.39, 0.29) is 11.8 Å². The van der Waals surface area contributed by atoms with Crippen LogP contribution in [0, 0.1) is 0 Å². The number of hydrogen-bond donors (Lipinski definition) is 0. The summed E-state index contributed by atoms with van der Waals surface area (Å²) in [7, 11) is 1.39. The van der Waals surface area contributed by atoms with Gasteiger partial charge in [0.15, 0.2) is 5.78 Å². The summed E-state index contributed by atoms with van der Waals surface area (Å²) in [6.45, 7) is 0. The van der Waals surface area contributed by atoms with Crippen LogP contribution in [0.5, 0.6) is 0 Å². The maximum atomic E-state index is 12.1. The molecule has 3 nitrogen and oxygen atoms in total. The second-order valence-corrected chi connectivity index (χ2v) is 5.23. The SMILES string of the molecule is COC(=O)CCCc1ccc(C(=O)C=Cc2ccccc2)cc1. The van der Waals surface area contributed by atoms with Gasteiger partial charge in [-0.15, -0.1) is 0 Å². The molecule has 0 radical (unpaired) electrons. The minimum atomic E-state index is -0.192. The standard InChI is InChI=1S/C20H20O3/c1-23-20(22)9-5-8-17-10-13-18(14-11-17)19(21)15-12-16-6-3-2-4-7-16/h2-4,6-7,10-15H,5,8-9H2,1H3. The Morgan fingerprint density at radius 3 is 2.35 bits per heavy atom. The number of hydrogen-bond acceptors (Lipinski definition) is 3. The molecule has 0 aliphatic heterocycles. The number of benzene rings is 2. The third kappa shape index (κ3) is 5.55. The molecule has 23 heavy (non-hydrogen) atoms. The molecule has 2 aromatic carbocycles. The molecule has 0 aliphatic carbocycles. The zero-order valence-electron chi connectivity index (χ0n) is 13.2. The Balaban J connectivity index is 1.90. The second-order valence-electron chi connectivity index (χ2n) is 5.23. The Labute approximate surface area is 136 Å². The van der Waals surface area contributed by atoms with Crippen molar-refractivity contribution in [1.82, 2.24) is 0 Å². The zero-order chi connectivity index (χ0) is 16.5. The summed E-state index contributed by atoms with van der Waals surface area (Å²) >= 11 is 0. The van der Waals surface area contributed by atoms with Gasteiger partial charge in [-0.2, -0.15) is 0 Å². The average Bonchev–Trinajstić information content (AvgIpc) is 2.61. The Morgan fingerprint density at radius 1 is 1.00 bits per heavy atom. The monoisotopic (exact) mass is 308 g/mol. The molecule has 0 amide bonds. The van der Waals surface area contributed by atoms with Gasteiger partial charge in [0.05, 0.1) is 7.11 Å².